The maximum atomic E-state index is 12.0. The summed E-state index contributed by atoms with van der Waals surface area (Å²) in [6, 6.07) is 7.84. The van der Waals surface area contributed by atoms with Gasteiger partial charge in [-0.2, -0.15) is 0 Å². The van der Waals surface area contributed by atoms with E-state index in [-0.39, 0.29) is 18.1 Å². The highest BCUT2D eigenvalue weighted by Gasteiger charge is 2.39. The number of hydrogen-bond donors (Lipinski definition) is 0. The normalized spacial score (nSPS) is 11.3. The lowest BCUT2D eigenvalue weighted by atomic mass is 10.1. The van der Waals surface area contributed by atoms with Gasteiger partial charge in [-0.05, 0) is 12.5 Å². The van der Waals surface area contributed by atoms with Crippen molar-refractivity contribution in [1.82, 2.24) is 9.97 Å². The molecular weight excluding hydrogens is 338 g/mol. The van der Waals surface area contributed by atoms with Gasteiger partial charge in [0.2, 0.25) is 11.5 Å². The SMILES string of the molecule is [C-]#[N+]C(C(=O)OCC)c1ncnc(N(C)Cc2ccccc2)c1[N+](=O)[O-]. The number of benzene rings is 1. The van der Waals surface area contributed by atoms with E-state index in [1.165, 1.54) is 0 Å². The largest absolute Gasteiger partial charge is 0.460 e. The molecule has 0 aliphatic carbocycles. The fourth-order valence-electron chi connectivity index (χ4n) is 2.42. The van der Waals surface area contributed by atoms with Gasteiger partial charge in [-0.3, -0.25) is 15.0 Å². The standard InChI is InChI=1S/C17H17N5O4/c1-4-26-17(23)14(18-2)13-15(22(24)25)16(20-11-19-13)21(3)10-12-8-6-5-7-9-12/h5-9,11,14H,4,10H2,1,3H3. The minimum absolute atomic E-state index is 0.0294. The van der Waals surface area contributed by atoms with Crippen LogP contribution in [0.1, 0.15) is 24.2 Å². The van der Waals surface area contributed by atoms with Gasteiger partial charge in [0.15, 0.2) is 0 Å². The number of aromatic nitrogens is 2. The molecule has 0 aliphatic heterocycles. The smallest absolute Gasteiger partial charge is 0.397 e. The van der Waals surface area contributed by atoms with E-state index < -0.39 is 22.6 Å². The van der Waals surface area contributed by atoms with Gasteiger partial charge in [-0.15, -0.1) is 0 Å². The topological polar surface area (TPSA) is 103 Å². The monoisotopic (exact) mass is 355 g/mol. The van der Waals surface area contributed by atoms with Crippen molar-refractivity contribution >= 4 is 17.5 Å². The molecule has 0 amide bonds. The number of anilines is 1. The molecular formula is C17H17N5O4. The number of nitro groups is 1. The summed E-state index contributed by atoms with van der Waals surface area (Å²) in [7, 11) is 1.64. The van der Waals surface area contributed by atoms with Crippen LogP contribution in [0.5, 0.6) is 0 Å². The predicted octanol–water partition coefficient (Wildman–Crippen LogP) is 2.54. The summed E-state index contributed by atoms with van der Waals surface area (Å²) in [4.78, 5) is 35.5. The van der Waals surface area contributed by atoms with Gasteiger partial charge >= 0.3 is 17.7 Å². The molecule has 1 atom stereocenters. The molecule has 134 valence electrons. The third-order valence-electron chi connectivity index (χ3n) is 3.54. The summed E-state index contributed by atoms with van der Waals surface area (Å²) in [6.45, 7) is 9.24. The molecule has 1 unspecified atom stereocenters. The molecule has 1 heterocycles. The number of carbonyl (C=O) groups is 1. The van der Waals surface area contributed by atoms with Crippen molar-refractivity contribution in [3.05, 3.63) is 69.4 Å². The summed E-state index contributed by atoms with van der Waals surface area (Å²) < 4.78 is 4.83. The Balaban J connectivity index is 2.46. The van der Waals surface area contributed by atoms with Gasteiger partial charge in [0.05, 0.1) is 11.5 Å². The Morgan fingerprint density at radius 2 is 2.08 bits per heavy atom. The Hall–Kier alpha value is -3.54. The molecule has 0 radical (unpaired) electrons. The van der Waals surface area contributed by atoms with Crippen LogP contribution in [0, 0.1) is 16.7 Å². The number of ether oxygens (including phenoxy) is 1. The summed E-state index contributed by atoms with van der Waals surface area (Å²) in [5, 5.41) is 11.6. The molecule has 2 rings (SSSR count). The molecule has 0 fully saturated rings. The Kier molecular flexibility index (Phi) is 6.16. The van der Waals surface area contributed by atoms with Crippen molar-refractivity contribution < 1.29 is 14.5 Å². The average Bonchev–Trinajstić information content (AvgIpc) is 2.63. The number of rotatable bonds is 7. The van der Waals surface area contributed by atoms with Crippen molar-refractivity contribution in [3.8, 4) is 0 Å². The highest BCUT2D eigenvalue weighted by atomic mass is 16.6. The van der Waals surface area contributed by atoms with Crippen molar-refractivity contribution in [2.75, 3.05) is 18.6 Å². The number of esters is 1. The first-order valence-electron chi connectivity index (χ1n) is 7.77. The minimum Gasteiger partial charge on any atom is -0.460 e. The zero-order chi connectivity index (χ0) is 19.1. The Morgan fingerprint density at radius 1 is 1.38 bits per heavy atom. The second kappa shape index (κ2) is 8.53. The van der Waals surface area contributed by atoms with Crippen LogP contribution in [0.4, 0.5) is 11.5 Å². The third kappa shape index (κ3) is 4.10. The minimum atomic E-state index is -1.51. The molecule has 0 saturated carbocycles. The maximum absolute atomic E-state index is 12.0. The van der Waals surface area contributed by atoms with Crippen LogP contribution >= 0.6 is 0 Å². The molecule has 0 spiro atoms. The molecule has 2 aromatic rings. The van der Waals surface area contributed by atoms with Crippen molar-refractivity contribution in [3.63, 3.8) is 0 Å². The lowest BCUT2D eigenvalue weighted by Crippen LogP contribution is -2.22. The van der Waals surface area contributed by atoms with Crippen molar-refractivity contribution in [2.45, 2.75) is 19.5 Å². The van der Waals surface area contributed by atoms with Crippen LogP contribution in [0.3, 0.4) is 0 Å². The van der Waals surface area contributed by atoms with Gasteiger partial charge in [-0.1, -0.05) is 30.3 Å². The first kappa shape index (κ1) is 18.8. The van der Waals surface area contributed by atoms with Crippen molar-refractivity contribution in [1.29, 1.82) is 0 Å². The van der Waals surface area contributed by atoms with Gasteiger partial charge in [0, 0.05) is 13.6 Å². The van der Waals surface area contributed by atoms with E-state index in [0.717, 1.165) is 11.9 Å². The van der Waals surface area contributed by atoms with E-state index >= 15 is 0 Å². The van der Waals surface area contributed by atoms with E-state index in [9.17, 15) is 14.9 Å². The van der Waals surface area contributed by atoms with E-state index in [2.05, 4.69) is 14.8 Å². The predicted molar refractivity (Wildman–Crippen MR) is 93.2 cm³/mol. The van der Waals surface area contributed by atoms with Crippen LogP contribution in [0.25, 0.3) is 4.85 Å². The molecule has 0 saturated heterocycles. The van der Waals surface area contributed by atoms with E-state index in [1.807, 2.05) is 30.3 Å². The van der Waals surface area contributed by atoms with Crippen molar-refractivity contribution in [2.24, 2.45) is 0 Å². The maximum Gasteiger partial charge on any atom is 0.397 e. The second-order valence-electron chi connectivity index (χ2n) is 5.31. The Labute approximate surface area is 150 Å². The lowest BCUT2D eigenvalue weighted by molar-refractivity contribution is -0.385. The number of hydrogen-bond acceptors (Lipinski definition) is 7. The zero-order valence-electron chi connectivity index (χ0n) is 14.3. The first-order valence-corrected chi connectivity index (χ1v) is 7.77. The second-order valence-corrected chi connectivity index (χ2v) is 5.31. The Bertz CT molecular complexity index is 835. The van der Waals surface area contributed by atoms with Crippen LogP contribution in [-0.4, -0.2) is 34.5 Å². The van der Waals surface area contributed by atoms with E-state index in [4.69, 9.17) is 11.3 Å². The molecule has 1 aromatic carbocycles. The van der Waals surface area contributed by atoms with Gasteiger partial charge in [-0.25, -0.2) is 21.3 Å². The van der Waals surface area contributed by atoms with Gasteiger partial charge < -0.3 is 9.64 Å². The molecule has 0 aliphatic rings. The van der Waals surface area contributed by atoms with E-state index in [0.29, 0.717) is 6.54 Å². The van der Waals surface area contributed by atoms with Crippen LogP contribution in [-0.2, 0) is 16.1 Å². The van der Waals surface area contributed by atoms with Gasteiger partial charge in [0.25, 0.3) is 0 Å². The highest BCUT2D eigenvalue weighted by Crippen LogP contribution is 2.34. The highest BCUT2D eigenvalue weighted by molar-refractivity contribution is 5.81. The molecule has 9 nitrogen and oxygen atoms in total. The summed E-state index contributed by atoms with van der Waals surface area (Å²) in [5.74, 6) is -0.845. The average molecular weight is 355 g/mol. The van der Waals surface area contributed by atoms with Gasteiger partial charge in [0.1, 0.15) is 6.33 Å². The molecule has 26 heavy (non-hydrogen) atoms. The van der Waals surface area contributed by atoms with Crippen LogP contribution in [0.15, 0.2) is 36.7 Å². The number of nitrogens with zero attached hydrogens (tertiary/aromatic N) is 5. The van der Waals surface area contributed by atoms with E-state index in [1.54, 1.807) is 18.9 Å². The Morgan fingerprint density at radius 3 is 2.65 bits per heavy atom. The summed E-state index contributed by atoms with van der Waals surface area (Å²) in [6.07, 6.45) is 1.11. The quantitative estimate of drug-likeness (QED) is 0.325. The molecule has 1 aromatic heterocycles. The first-order chi connectivity index (χ1) is 12.5. The van der Waals surface area contributed by atoms with Crippen LogP contribution in [0.2, 0.25) is 0 Å². The molecule has 0 bridgehead atoms. The summed E-state index contributed by atoms with van der Waals surface area (Å²) >= 11 is 0. The molecule has 9 heteroatoms. The number of carbonyl (C=O) groups excluding carboxylic acids is 1. The fourth-order valence-corrected chi connectivity index (χ4v) is 2.42. The van der Waals surface area contributed by atoms with Crippen LogP contribution < -0.4 is 4.90 Å². The zero-order valence-corrected chi connectivity index (χ0v) is 14.3. The lowest BCUT2D eigenvalue weighted by Gasteiger charge is -2.18. The fraction of sp³-hybridized carbons (Fsp3) is 0.294. The summed E-state index contributed by atoms with van der Waals surface area (Å²) in [5.41, 5.74) is 0.185. The molecule has 0 N–H and O–H groups in total. The third-order valence-corrected chi connectivity index (χ3v) is 3.54.